The number of aliphatic hydroxyl groups is 2. The van der Waals surface area contributed by atoms with Crippen LogP contribution in [0.15, 0.2) is 5.38 Å². The van der Waals surface area contributed by atoms with Gasteiger partial charge < -0.3 is 20.2 Å². The lowest BCUT2D eigenvalue weighted by Crippen LogP contribution is -2.29. The molecule has 2 unspecified atom stereocenters. The Morgan fingerprint density at radius 1 is 1.35 bits per heavy atom. The Bertz CT molecular complexity index is 450. The molecule has 1 saturated heterocycles. The second-order valence-electron chi connectivity index (χ2n) is 3.69. The molecule has 2 heterocycles. The normalized spacial score (nSPS) is 24.0. The molecule has 1 amide bonds. The SMILES string of the molecule is O=C(O)c1csc(C(=O)N2CC(O)C(O)C2)n1. The fourth-order valence-corrected chi connectivity index (χ4v) is 2.30. The van der Waals surface area contributed by atoms with Gasteiger partial charge in [0.05, 0.1) is 12.2 Å². The van der Waals surface area contributed by atoms with Crippen molar-refractivity contribution in [2.24, 2.45) is 0 Å². The molecule has 2 atom stereocenters. The van der Waals surface area contributed by atoms with Gasteiger partial charge in [-0.2, -0.15) is 0 Å². The summed E-state index contributed by atoms with van der Waals surface area (Å²) in [4.78, 5) is 27.4. The van der Waals surface area contributed by atoms with Gasteiger partial charge in [-0.3, -0.25) is 4.79 Å². The first-order valence-electron chi connectivity index (χ1n) is 4.83. The van der Waals surface area contributed by atoms with Crippen molar-refractivity contribution < 1.29 is 24.9 Å². The van der Waals surface area contributed by atoms with Crippen molar-refractivity contribution in [2.75, 3.05) is 13.1 Å². The van der Waals surface area contributed by atoms with Crippen LogP contribution in [0.5, 0.6) is 0 Å². The molecule has 92 valence electrons. The van der Waals surface area contributed by atoms with Gasteiger partial charge in [0, 0.05) is 18.5 Å². The van der Waals surface area contributed by atoms with Crippen molar-refractivity contribution >= 4 is 23.2 Å². The Hall–Kier alpha value is -1.51. The standard InChI is InChI=1S/C9H10N2O5S/c12-5-1-11(2-6(5)13)8(14)7-10-4(3-17-7)9(15)16/h3,5-6,12-13H,1-2H2,(H,15,16). The van der Waals surface area contributed by atoms with Crippen molar-refractivity contribution in [1.29, 1.82) is 0 Å². The number of aliphatic hydroxyl groups excluding tert-OH is 2. The first kappa shape index (κ1) is 12.0. The second kappa shape index (κ2) is 4.40. The van der Waals surface area contributed by atoms with Gasteiger partial charge in [0.15, 0.2) is 10.7 Å². The van der Waals surface area contributed by atoms with Crippen LogP contribution >= 0.6 is 11.3 Å². The topological polar surface area (TPSA) is 111 Å². The van der Waals surface area contributed by atoms with Crippen LogP contribution in [0.25, 0.3) is 0 Å². The number of carboxylic acid groups (broad SMARTS) is 1. The van der Waals surface area contributed by atoms with E-state index in [0.29, 0.717) is 0 Å². The molecule has 0 bridgehead atoms. The zero-order valence-corrected chi connectivity index (χ0v) is 9.42. The number of thiazole rings is 1. The lowest BCUT2D eigenvalue weighted by molar-refractivity contribution is 0.0572. The summed E-state index contributed by atoms with van der Waals surface area (Å²) in [5.41, 5.74) is -0.182. The van der Waals surface area contributed by atoms with Gasteiger partial charge in [-0.1, -0.05) is 0 Å². The highest BCUT2D eigenvalue weighted by Crippen LogP contribution is 2.17. The molecule has 1 aromatic heterocycles. The van der Waals surface area contributed by atoms with E-state index < -0.39 is 24.1 Å². The summed E-state index contributed by atoms with van der Waals surface area (Å²) in [5.74, 6) is -1.67. The van der Waals surface area contributed by atoms with E-state index >= 15 is 0 Å². The van der Waals surface area contributed by atoms with Gasteiger partial charge in [0.25, 0.3) is 5.91 Å². The maximum atomic E-state index is 11.8. The smallest absolute Gasteiger partial charge is 0.355 e. The van der Waals surface area contributed by atoms with Gasteiger partial charge in [-0.25, -0.2) is 9.78 Å². The van der Waals surface area contributed by atoms with Gasteiger partial charge in [-0.05, 0) is 0 Å². The number of β-amino-alcohol motifs (C(OH)–C–C–N with tert-alkyl or cyclic N) is 2. The second-order valence-corrected chi connectivity index (χ2v) is 4.55. The highest BCUT2D eigenvalue weighted by Gasteiger charge is 2.34. The van der Waals surface area contributed by atoms with E-state index in [1.165, 1.54) is 10.3 Å². The predicted octanol–water partition coefficient (Wildman–Crippen LogP) is -0.981. The predicted molar refractivity (Wildman–Crippen MR) is 57.0 cm³/mol. The molecule has 0 aliphatic carbocycles. The average Bonchev–Trinajstić information content (AvgIpc) is 2.86. The van der Waals surface area contributed by atoms with E-state index in [0.717, 1.165) is 11.3 Å². The summed E-state index contributed by atoms with van der Waals surface area (Å²) in [6.07, 6.45) is -1.92. The minimum Gasteiger partial charge on any atom is -0.476 e. The number of aromatic carboxylic acids is 1. The van der Waals surface area contributed by atoms with Crippen molar-refractivity contribution in [3.8, 4) is 0 Å². The van der Waals surface area contributed by atoms with Gasteiger partial charge in [0.1, 0.15) is 0 Å². The summed E-state index contributed by atoms with van der Waals surface area (Å²) in [5, 5.41) is 28.6. The summed E-state index contributed by atoms with van der Waals surface area (Å²) in [6.45, 7) is 0.0595. The molecule has 17 heavy (non-hydrogen) atoms. The monoisotopic (exact) mass is 258 g/mol. The number of carbonyl (C=O) groups excluding carboxylic acids is 1. The fourth-order valence-electron chi connectivity index (χ4n) is 1.54. The number of rotatable bonds is 2. The maximum Gasteiger partial charge on any atom is 0.355 e. The van der Waals surface area contributed by atoms with E-state index in [2.05, 4.69) is 4.98 Å². The summed E-state index contributed by atoms with van der Waals surface area (Å²) in [6, 6.07) is 0. The number of aromatic nitrogens is 1. The van der Waals surface area contributed by atoms with Crippen LogP contribution in [0.1, 0.15) is 20.3 Å². The first-order valence-corrected chi connectivity index (χ1v) is 5.71. The summed E-state index contributed by atoms with van der Waals surface area (Å²) >= 11 is 0.929. The maximum absolute atomic E-state index is 11.8. The lowest BCUT2D eigenvalue weighted by atomic mass is 10.3. The van der Waals surface area contributed by atoms with Gasteiger partial charge in [-0.15, -0.1) is 11.3 Å². The van der Waals surface area contributed by atoms with Crippen LogP contribution in [0.4, 0.5) is 0 Å². The highest BCUT2D eigenvalue weighted by atomic mass is 32.1. The van der Waals surface area contributed by atoms with E-state index in [1.807, 2.05) is 0 Å². The molecule has 1 aromatic rings. The summed E-state index contributed by atoms with van der Waals surface area (Å²) < 4.78 is 0. The Labute approximate surface area is 99.9 Å². The van der Waals surface area contributed by atoms with Crippen LogP contribution < -0.4 is 0 Å². The molecule has 1 fully saturated rings. The van der Waals surface area contributed by atoms with Crippen molar-refractivity contribution in [3.63, 3.8) is 0 Å². The fraction of sp³-hybridized carbons (Fsp3) is 0.444. The van der Waals surface area contributed by atoms with Gasteiger partial charge >= 0.3 is 5.97 Å². The number of likely N-dealkylation sites (tertiary alicyclic amines) is 1. The molecule has 2 rings (SSSR count). The third kappa shape index (κ3) is 2.28. The van der Waals surface area contributed by atoms with Crippen molar-refractivity contribution in [3.05, 3.63) is 16.1 Å². The number of hydrogen-bond donors (Lipinski definition) is 3. The summed E-state index contributed by atoms with van der Waals surface area (Å²) in [7, 11) is 0. The molecule has 7 nitrogen and oxygen atoms in total. The van der Waals surface area contributed by atoms with Crippen LogP contribution in [0.3, 0.4) is 0 Å². The van der Waals surface area contributed by atoms with E-state index in [1.54, 1.807) is 0 Å². The van der Waals surface area contributed by atoms with Gasteiger partial charge in [0.2, 0.25) is 0 Å². The first-order chi connectivity index (χ1) is 7.99. The minimum absolute atomic E-state index is 0.0297. The number of carbonyl (C=O) groups is 2. The molecule has 0 radical (unpaired) electrons. The zero-order chi connectivity index (χ0) is 12.6. The molecule has 0 spiro atoms. The minimum atomic E-state index is -1.19. The molecule has 1 aliphatic heterocycles. The quantitative estimate of drug-likeness (QED) is 0.628. The van der Waals surface area contributed by atoms with Crippen LogP contribution in [0.2, 0.25) is 0 Å². The van der Waals surface area contributed by atoms with Crippen molar-refractivity contribution in [2.45, 2.75) is 12.2 Å². The number of nitrogens with zero attached hydrogens (tertiary/aromatic N) is 2. The molecule has 1 aliphatic rings. The molecule has 8 heteroatoms. The third-order valence-corrected chi connectivity index (χ3v) is 3.28. The largest absolute Gasteiger partial charge is 0.476 e. The molecular weight excluding hydrogens is 248 g/mol. The van der Waals surface area contributed by atoms with Crippen molar-refractivity contribution in [1.82, 2.24) is 9.88 Å². The average molecular weight is 258 g/mol. The number of amides is 1. The Balaban J connectivity index is 2.12. The Morgan fingerprint density at radius 2 is 1.94 bits per heavy atom. The highest BCUT2D eigenvalue weighted by molar-refractivity contribution is 7.11. The Morgan fingerprint density at radius 3 is 2.41 bits per heavy atom. The van der Waals surface area contributed by atoms with E-state index in [-0.39, 0.29) is 23.8 Å². The molecule has 3 N–H and O–H groups in total. The van der Waals surface area contributed by atoms with Crippen LogP contribution in [-0.2, 0) is 0 Å². The molecule has 0 saturated carbocycles. The van der Waals surface area contributed by atoms with Crippen LogP contribution in [0, 0.1) is 0 Å². The van der Waals surface area contributed by atoms with Crippen LogP contribution in [-0.4, -0.2) is 62.4 Å². The number of hydrogen-bond acceptors (Lipinski definition) is 6. The van der Waals surface area contributed by atoms with E-state index in [9.17, 15) is 19.8 Å². The lowest BCUT2D eigenvalue weighted by Gasteiger charge is -2.12. The number of carboxylic acids is 1. The molecular formula is C9H10N2O5S. The zero-order valence-electron chi connectivity index (χ0n) is 8.61. The third-order valence-electron chi connectivity index (χ3n) is 2.45. The van der Waals surface area contributed by atoms with E-state index in [4.69, 9.17) is 5.11 Å². The Kier molecular flexibility index (Phi) is 3.09. The molecule has 0 aromatic carbocycles.